The Hall–Kier alpha value is -0.930. The van der Waals surface area contributed by atoms with E-state index < -0.39 is 6.10 Å². The SMILES string of the molecule is Cc1ccc(F)cc1C(O)CCOC(C)C. The quantitative estimate of drug-likeness (QED) is 0.836. The Labute approximate surface area is 96.1 Å². The first kappa shape index (κ1) is 13.1. The predicted molar refractivity (Wildman–Crippen MR) is 61.8 cm³/mol. The molecule has 1 N–H and O–H groups in total. The zero-order valence-electron chi connectivity index (χ0n) is 10.0. The lowest BCUT2D eigenvalue weighted by Gasteiger charge is -2.15. The molecule has 3 heteroatoms. The highest BCUT2D eigenvalue weighted by atomic mass is 19.1. The summed E-state index contributed by atoms with van der Waals surface area (Å²) in [6.45, 7) is 6.23. The van der Waals surface area contributed by atoms with E-state index in [-0.39, 0.29) is 11.9 Å². The third-order valence-electron chi connectivity index (χ3n) is 2.44. The van der Waals surface area contributed by atoms with Crippen LogP contribution in [0.5, 0.6) is 0 Å². The van der Waals surface area contributed by atoms with Crippen LogP contribution in [0.25, 0.3) is 0 Å². The molecule has 1 unspecified atom stereocenters. The fraction of sp³-hybridized carbons (Fsp3) is 0.538. The normalized spacial score (nSPS) is 13.1. The number of benzene rings is 1. The molecule has 2 nitrogen and oxygen atoms in total. The molecule has 0 aliphatic heterocycles. The lowest BCUT2D eigenvalue weighted by molar-refractivity contribution is 0.0463. The monoisotopic (exact) mass is 226 g/mol. The zero-order chi connectivity index (χ0) is 12.1. The smallest absolute Gasteiger partial charge is 0.123 e. The van der Waals surface area contributed by atoms with Crippen molar-refractivity contribution in [2.24, 2.45) is 0 Å². The minimum atomic E-state index is -0.658. The van der Waals surface area contributed by atoms with E-state index in [0.717, 1.165) is 5.56 Å². The van der Waals surface area contributed by atoms with Crippen molar-refractivity contribution in [1.82, 2.24) is 0 Å². The van der Waals surface area contributed by atoms with Gasteiger partial charge in [0.05, 0.1) is 12.2 Å². The summed E-state index contributed by atoms with van der Waals surface area (Å²) in [7, 11) is 0. The van der Waals surface area contributed by atoms with Gasteiger partial charge in [0.15, 0.2) is 0 Å². The number of hydrogen-bond acceptors (Lipinski definition) is 2. The molecule has 0 radical (unpaired) electrons. The number of hydrogen-bond donors (Lipinski definition) is 1. The van der Waals surface area contributed by atoms with Crippen LogP contribution in [-0.2, 0) is 4.74 Å². The molecule has 0 spiro atoms. The summed E-state index contributed by atoms with van der Waals surface area (Å²) >= 11 is 0. The summed E-state index contributed by atoms with van der Waals surface area (Å²) in [5.74, 6) is -0.315. The van der Waals surface area contributed by atoms with Crippen LogP contribution in [0.4, 0.5) is 4.39 Å². The topological polar surface area (TPSA) is 29.5 Å². The molecule has 0 aromatic heterocycles. The molecule has 0 saturated carbocycles. The van der Waals surface area contributed by atoms with Gasteiger partial charge in [0, 0.05) is 13.0 Å². The highest BCUT2D eigenvalue weighted by Gasteiger charge is 2.11. The van der Waals surface area contributed by atoms with Crippen molar-refractivity contribution in [3.63, 3.8) is 0 Å². The van der Waals surface area contributed by atoms with E-state index in [1.165, 1.54) is 12.1 Å². The van der Waals surface area contributed by atoms with Crippen LogP contribution in [0.2, 0.25) is 0 Å². The van der Waals surface area contributed by atoms with Gasteiger partial charge in [-0.2, -0.15) is 0 Å². The van der Waals surface area contributed by atoms with Crippen LogP contribution in [0.15, 0.2) is 18.2 Å². The van der Waals surface area contributed by atoms with Crippen LogP contribution in [0.1, 0.15) is 37.5 Å². The summed E-state index contributed by atoms with van der Waals surface area (Å²) in [6, 6.07) is 4.46. The van der Waals surface area contributed by atoms with Gasteiger partial charge in [0.2, 0.25) is 0 Å². The van der Waals surface area contributed by atoms with Crippen molar-refractivity contribution < 1.29 is 14.2 Å². The number of rotatable bonds is 5. The van der Waals surface area contributed by atoms with E-state index in [2.05, 4.69) is 0 Å². The van der Waals surface area contributed by atoms with Crippen LogP contribution in [0.3, 0.4) is 0 Å². The molecule has 0 heterocycles. The number of ether oxygens (including phenoxy) is 1. The average Bonchev–Trinajstić information content (AvgIpc) is 2.21. The van der Waals surface area contributed by atoms with Gasteiger partial charge in [-0.25, -0.2) is 4.39 Å². The molecular formula is C13H19FO2. The standard InChI is InChI=1S/C13H19FO2/c1-9(2)16-7-6-13(15)12-8-11(14)5-4-10(12)3/h4-5,8-9,13,15H,6-7H2,1-3H3. The van der Waals surface area contributed by atoms with Crippen molar-refractivity contribution in [3.05, 3.63) is 35.1 Å². The second-order valence-electron chi connectivity index (χ2n) is 4.22. The molecule has 0 aliphatic rings. The Kier molecular flexibility index (Phi) is 4.90. The van der Waals surface area contributed by atoms with E-state index in [9.17, 15) is 9.50 Å². The van der Waals surface area contributed by atoms with Gasteiger partial charge in [-0.3, -0.25) is 0 Å². The molecule has 0 aliphatic carbocycles. The molecule has 90 valence electrons. The Morgan fingerprint density at radius 2 is 2.06 bits per heavy atom. The van der Waals surface area contributed by atoms with E-state index in [0.29, 0.717) is 18.6 Å². The minimum absolute atomic E-state index is 0.154. The Morgan fingerprint density at radius 3 is 2.69 bits per heavy atom. The van der Waals surface area contributed by atoms with Gasteiger partial charge in [-0.1, -0.05) is 6.07 Å². The molecule has 0 fully saturated rings. The molecular weight excluding hydrogens is 207 g/mol. The molecule has 1 atom stereocenters. The first-order valence-corrected chi connectivity index (χ1v) is 5.56. The number of aliphatic hydroxyl groups excluding tert-OH is 1. The maximum atomic E-state index is 13.0. The molecule has 0 bridgehead atoms. The highest BCUT2D eigenvalue weighted by Crippen LogP contribution is 2.21. The summed E-state index contributed by atoms with van der Waals surface area (Å²) in [5, 5.41) is 9.89. The van der Waals surface area contributed by atoms with Gasteiger partial charge in [0.1, 0.15) is 5.82 Å². The van der Waals surface area contributed by atoms with Crippen molar-refractivity contribution >= 4 is 0 Å². The third-order valence-corrected chi connectivity index (χ3v) is 2.44. The molecule has 0 amide bonds. The molecule has 1 aromatic rings. The number of halogens is 1. The fourth-order valence-electron chi connectivity index (χ4n) is 1.54. The lowest BCUT2D eigenvalue weighted by atomic mass is 10.0. The van der Waals surface area contributed by atoms with Gasteiger partial charge in [0.25, 0.3) is 0 Å². The highest BCUT2D eigenvalue weighted by molar-refractivity contribution is 5.28. The summed E-state index contributed by atoms with van der Waals surface area (Å²) in [6.07, 6.45) is -0.0158. The Morgan fingerprint density at radius 1 is 1.38 bits per heavy atom. The van der Waals surface area contributed by atoms with E-state index >= 15 is 0 Å². The van der Waals surface area contributed by atoms with Gasteiger partial charge < -0.3 is 9.84 Å². The lowest BCUT2D eigenvalue weighted by Crippen LogP contribution is -2.09. The van der Waals surface area contributed by atoms with E-state index in [1.807, 2.05) is 20.8 Å². The van der Waals surface area contributed by atoms with Crippen molar-refractivity contribution in [3.8, 4) is 0 Å². The second kappa shape index (κ2) is 5.97. The fourth-order valence-corrected chi connectivity index (χ4v) is 1.54. The summed E-state index contributed by atoms with van der Waals surface area (Å²) < 4.78 is 18.4. The zero-order valence-corrected chi connectivity index (χ0v) is 10.0. The Balaban J connectivity index is 2.58. The van der Waals surface area contributed by atoms with Crippen molar-refractivity contribution in [2.75, 3.05) is 6.61 Å². The molecule has 1 rings (SSSR count). The van der Waals surface area contributed by atoms with Gasteiger partial charge in [-0.15, -0.1) is 0 Å². The van der Waals surface area contributed by atoms with Crippen LogP contribution < -0.4 is 0 Å². The summed E-state index contributed by atoms with van der Waals surface area (Å²) in [4.78, 5) is 0. The Bertz CT molecular complexity index is 337. The van der Waals surface area contributed by atoms with Gasteiger partial charge in [-0.05, 0) is 44.0 Å². The van der Waals surface area contributed by atoms with Crippen LogP contribution >= 0.6 is 0 Å². The van der Waals surface area contributed by atoms with E-state index in [4.69, 9.17) is 4.74 Å². The second-order valence-corrected chi connectivity index (χ2v) is 4.22. The summed E-state index contributed by atoms with van der Waals surface area (Å²) in [5.41, 5.74) is 1.55. The maximum absolute atomic E-state index is 13.0. The molecule has 0 saturated heterocycles. The average molecular weight is 226 g/mol. The van der Waals surface area contributed by atoms with Crippen LogP contribution in [-0.4, -0.2) is 17.8 Å². The predicted octanol–water partition coefficient (Wildman–Crippen LogP) is 2.98. The number of aliphatic hydroxyl groups is 1. The maximum Gasteiger partial charge on any atom is 0.123 e. The first-order valence-electron chi connectivity index (χ1n) is 5.56. The van der Waals surface area contributed by atoms with E-state index in [1.54, 1.807) is 6.07 Å². The molecule has 16 heavy (non-hydrogen) atoms. The largest absolute Gasteiger partial charge is 0.388 e. The van der Waals surface area contributed by atoms with Gasteiger partial charge >= 0.3 is 0 Å². The molecule has 1 aromatic carbocycles. The first-order chi connectivity index (χ1) is 7.50. The van der Waals surface area contributed by atoms with Crippen molar-refractivity contribution in [2.45, 2.75) is 39.4 Å². The third kappa shape index (κ3) is 3.91. The number of aryl methyl sites for hydroxylation is 1. The van der Waals surface area contributed by atoms with Crippen LogP contribution in [0, 0.1) is 12.7 Å². The minimum Gasteiger partial charge on any atom is -0.388 e. The van der Waals surface area contributed by atoms with Crippen molar-refractivity contribution in [1.29, 1.82) is 0 Å².